The maximum absolute atomic E-state index is 12.1. The van der Waals surface area contributed by atoms with E-state index in [9.17, 15) is 9.59 Å². The molecule has 0 bridgehead atoms. The lowest BCUT2D eigenvalue weighted by Crippen LogP contribution is -2.31. The van der Waals surface area contributed by atoms with Crippen LogP contribution in [0.25, 0.3) is 11.0 Å². The molecule has 0 aliphatic carbocycles. The molecule has 5 nitrogen and oxygen atoms in total. The van der Waals surface area contributed by atoms with Crippen LogP contribution in [0, 0.1) is 0 Å². The van der Waals surface area contributed by atoms with Crippen molar-refractivity contribution < 1.29 is 9.59 Å². The molecule has 0 fully saturated rings. The van der Waals surface area contributed by atoms with Gasteiger partial charge in [0.1, 0.15) is 0 Å². The van der Waals surface area contributed by atoms with Crippen LogP contribution < -0.4 is 5.32 Å². The minimum Gasteiger partial charge on any atom is -0.315 e. The van der Waals surface area contributed by atoms with Gasteiger partial charge in [0.25, 0.3) is 5.91 Å². The molecule has 25 heavy (non-hydrogen) atoms. The molecule has 126 valence electrons. The molecule has 0 saturated heterocycles. The van der Waals surface area contributed by atoms with Gasteiger partial charge in [-0.05, 0) is 24.3 Å². The molecule has 2 amide bonds. The van der Waals surface area contributed by atoms with Gasteiger partial charge in [-0.15, -0.1) is 6.58 Å². The SMILES string of the molecule is C=CCn1c(SCC(=O)NC(=O)c2ccccc2)nc2ccccc21. The second kappa shape index (κ2) is 7.81. The molecule has 1 aromatic heterocycles. The van der Waals surface area contributed by atoms with Crippen LogP contribution in [-0.2, 0) is 11.3 Å². The average molecular weight is 351 g/mol. The second-order valence-electron chi connectivity index (χ2n) is 5.31. The fourth-order valence-electron chi connectivity index (χ4n) is 2.42. The highest BCUT2D eigenvalue weighted by atomic mass is 32.2. The molecule has 1 heterocycles. The summed E-state index contributed by atoms with van der Waals surface area (Å²) >= 11 is 1.30. The number of imidazole rings is 1. The van der Waals surface area contributed by atoms with Crippen molar-refractivity contribution in [1.29, 1.82) is 0 Å². The van der Waals surface area contributed by atoms with Crippen LogP contribution in [0.5, 0.6) is 0 Å². The summed E-state index contributed by atoms with van der Waals surface area (Å²) in [6.45, 7) is 4.37. The standard InChI is InChI=1S/C19H17N3O2S/c1-2-12-22-16-11-7-6-10-15(16)20-19(22)25-13-17(23)21-18(24)14-8-4-3-5-9-14/h2-11H,1,12-13H2,(H,21,23,24). The predicted octanol–water partition coefficient (Wildman–Crippen LogP) is 3.27. The number of para-hydroxylation sites is 2. The first-order chi connectivity index (χ1) is 12.2. The van der Waals surface area contributed by atoms with E-state index in [4.69, 9.17) is 0 Å². The normalized spacial score (nSPS) is 10.6. The van der Waals surface area contributed by atoms with E-state index >= 15 is 0 Å². The molecule has 0 saturated carbocycles. The van der Waals surface area contributed by atoms with Crippen LogP contribution in [0.15, 0.2) is 72.4 Å². The van der Waals surface area contributed by atoms with Crippen molar-refractivity contribution in [3.63, 3.8) is 0 Å². The number of carbonyl (C=O) groups is 2. The number of hydrogen-bond acceptors (Lipinski definition) is 4. The van der Waals surface area contributed by atoms with E-state index in [1.165, 1.54) is 11.8 Å². The Labute approximate surface area is 149 Å². The predicted molar refractivity (Wildman–Crippen MR) is 99.6 cm³/mol. The number of allylic oxidation sites excluding steroid dienone is 1. The highest BCUT2D eigenvalue weighted by Gasteiger charge is 2.14. The first kappa shape index (κ1) is 17.0. The van der Waals surface area contributed by atoms with Crippen molar-refractivity contribution in [2.24, 2.45) is 0 Å². The van der Waals surface area contributed by atoms with E-state index in [0.717, 1.165) is 16.2 Å². The van der Waals surface area contributed by atoms with Gasteiger partial charge in [0.15, 0.2) is 5.16 Å². The minimum atomic E-state index is -0.397. The molecule has 0 aliphatic heterocycles. The van der Waals surface area contributed by atoms with Crippen molar-refractivity contribution in [3.05, 3.63) is 72.8 Å². The van der Waals surface area contributed by atoms with E-state index in [1.54, 1.807) is 30.3 Å². The van der Waals surface area contributed by atoms with Gasteiger partial charge in [-0.2, -0.15) is 0 Å². The van der Waals surface area contributed by atoms with Crippen molar-refractivity contribution in [2.45, 2.75) is 11.7 Å². The zero-order valence-electron chi connectivity index (χ0n) is 13.5. The molecule has 6 heteroatoms. The fraction of sp³-hybridized carbons (Fsp3) is 0.105. The molecule has 2 aromatic carbocycles. The Morgan fingerprint density at radius 3 is 2.60 bits per heavy atom. The molecule has 0 unspecified atom stereocenters. The summed E-state index contributed by atoms with van der Waals surface area (Å²) < 4.78 is 2.00. The van der Waals surface area contributed by atoms with Gasteiger partial charge in [0.05, 0.1) is 16.8 Å². The largest absolute Gasteiger partial charge is 0.315 e. The number of amides is 2. The van der Waals surface area contributed by atoms with Gasteiger partial charge in [0.2, 0.25) is 5.91 Å². The van der Waals surface area contributed by atoms with Crippen LogP contribution in [0.3, 0.4) is 0 Å². The molecule has 0 atom stereocenters. The number of thioether (sulfide) groups is 1. The van der Waals surface area contributed by atoms with Gasteiger partial charge in [-0.1, -0.05) is 48.2 Å². The third-order valence-corrected chi connectivity index (χ3v) is 4.53. The van der Waals surface area contributed by atoms with Crippen molar-refractivity contribution >= 4 is 34.6 Å². The summed E-state index contributed by atoms with van der Waals surface area (Å²) in [6.07, 6.45) is 1.79. The fourth-order valence-corrected chi connectivity index (χ4v) is 3.25. The Balaban J connectivity index is 1.68. The maximum Gasteiger partial charge on any atom is 0.257 e. The Morgan fingerprint density at radius 1 is 1.12 bits per heavy atom. The summed E-state index contributed by atoms with van der Waals surface area (Å²) in [4.78, 5) is 28.6. The number of nitrogens with zero attached hydrogens (tertiary/aromatic N) is 2. The van der Waals surface area contributed by atoms with E-state index in [-0.39, 0.29) is 11.7 Å². The van der Waals surface area contributed by atoms with Crippen LogP contribution in [-0.4, -0.2) is 27.1 Å². The maximum atomic E-state index is 12.1. The lowest BCUT2D eigenvalue weighted by Gasteiger charge is -2.06. The highest BCUT2D eigenvalue weighted by molar-refractivity contribution is 7.99. The van der Waals surface area contributed by atoms with Gasteiger partial charge in [0, 0.05) is 12.1 Å². The summed E-state index contributed by atoms with van der Waals surface area (Å²) in [5, 5.41) is 3.12. The third kappa shape index (κ3) is 3.97. The van der Waals surface area contributed by atoms with Crippen molar-refractivity contribution in [2.75, 3.05) is 5.75 Å². The smallest absolute Gasteiger partial charge is 0.257 e. The number of nitrogens with one attached hydrogen (secondary N) is 1. The topological polar surface area (TPSA) is 64.0 Å². The Bertz CT molecular complexity index is 919. The molecule has 0 radical (unpaired) electrons. The van der Waals surface area contributed by atoms with Gasteiger partial charge in [-0.25, -0.2) is 4.98 Å². The van der Waals surface area contributed by atoms with Crippen molar-refractivity contribution in [3.8, 4) is 0 Å². The zero-order valence-corrected chi connectivity index (χ0v) is 14.3. The Kier molecular flexibility index (Phi) is 5.30. The number of rotatable bonds is 6. The van der Waals surface area contributed by atoms with E-state index in [2.05, 4.69) is 16.9 Å². The zero-order chi connectivity index (χ0) is 17.6. The van der Waals surface area contributed by atoms with Gasteiger partial charge >= 0.3 is 0 Å². The molecular weight excluding hydrogens is 334 g/mol. The van der Waals surface area contributed by atoms with Crippen molar-refractivity contribution in [1.82, 2.24) is 14.9 Å². The number of fused-ring (bicyclic) bond motifs is 1. The first-order valence-electron chi connectivity index (χ1n) is 7.77. The van der Waals surface area contributed by atoms with Crippen LogP contribution in [0.4, 0.5) is 0 Å². The van der Waals surface area contributed by atoms with Gasteiger partial charge in [-0.3, -0.25) is 14.9 Å². The van der Waals surface area contributed by atoms with E-state index in [0.29, 0.717) is 12.1 Å². The quantitative estimate of drug-likeness (QED) is 0.547. The van der Waals surface area contributed by atoms with Crippen LogP contribution in [0.1, 0.15) is 10.4 Å². The number of imide groups is 1. The van der Waals surface area contributed by atoms with Crippen LogP contribution >= 0.6 is 11.8 Å². The Morgan fingerprint density at radius 2 is 1.84 bits per heavy atom. The summed E-state index contributed by atoms with van der Waals surface area (Å²) in [6, 6.07) is 16.4. The number of benzene rings is 2. The number of aromatic nitrogens is 2. The molecule has 3 rings (SSSR count). The minimum absolute atomic E-state index is 0.110. The number of carbonyl (C=O) groups excluding carboxylic acids is 2. The second-order valence-corrected chi connectivity index (χ2v) is 6.26. The first-order valence-corrected chi connectivity index (χ1v) is 8.76. The summed E-state index contributed by atoms with van der Waals surface area (Å²) in [7, 11) is 0. The van der Waals surface area contributed by atoms with E-state index < -0.39 is 5.91 Å². The average Bonchev–Trinajstić information content (AvgIpc) is 2.99. The summed E-state index contributed by atoms with van der Waals surface area (Å²) in [5.74, 6) is -0.638. The monoisotopic (exact) mass is 351 g/mol. The van der Waals surface area contributed by atoms with Gasteiger partial charge < -0.3 is 4.57 Å². The van der Waals surface area contributed by atoms with Crippen LogP contribution in [0.2, 0.25) is 0 Å². The molecule has 0 spiro atoms. The number of hydrogen-bond donors (Lipinski definition) is 1. The van der Waals surface area contributed by atoms with E-state index in [1.807, 2.05) is 34.9 Å². The lowest BCUT2D eigenvalue weighted by molar-refractivity contribution is -0.117. The summed E-state index contributed by atoms with van der Waals surface area (Å²) in [5.41, 5.74) is 2.32. The lowest BCUT2D eigenvalue weighted by atomic mass is 10.2. The molecule has 1 N–H and O–H groups in total. The molecular formula is C19H17N3O2S. The highest BCUT2D eigenvalue weighted by Crippen LogP contribution is 2.24. The molecule has 3 aromatic rings. The third-order valence-electron chi connectivity index (χ3n) is 3.55. The Hall–Kier alpha value is -2.86. The molecule has 0 aliphatic rings.